The van der Waals surface area contributed by atoms with Gasteiger partial charge in [0.15, 0.2) is 5.82 Å². The van der Waals surface area contributed by atoms with Crippen molar-refractivity contribution < 1.29 is 14.3 Å². The summed E-state index contributed by atoms with van der Waals surface area (Å²) in [5.74, 6) is 0.869. The first-order valence-electron chi connectivity index (χ1n) is 12.5. The van der Waals surface area contributed by atoms with Gasteiger partial charge in [0.1, 0.15) is 5.69 Å². The SMILES string of the molecule is C.C[C@H]1CN(CC2CCOCC2)CCN1C(=O)N1Cc2c(NC(=O)c3cncn3C)n[nH]c2C1(C)C. The average Bonchev–Trinajstić information content (AvgIpc) is 3.50. The number of nitrogens with zero attached hydrogens (tertiary/aromatic N) is 6. The third-order valence-electron chi connectivity index (χ3n) is 7.80. The van der Waals surface area contributed by atoms with Gasteiger partial charge in [-0.05, 0) is 39.5 Å². The smallest absolute Gasteiger partial charge is 0.321 e. The van der Waals surface area contributed by atoms with Crippen LogP contribution in [0.25, 0.3) is 0 Å². The van der Waals surface area contributed by atoms with Crippen LogP contribution in [0.3, 0.4) is 0 Å². The van der Waals surface area contributed by atoms with Crippen LogP contribution in [0.15, 0.2) is 12.5 Å². The third kappa shape index (κ3) is 4.73. The highest BCUT2D eigenvalue weighted by Crippen LogP contribution is 2.41. The van der Waals surface area contributed by atoms with Gasteiger partial charge in [0, 0.05) is 58.0 Å². The summed E-state index contributed by atoms with van der Waals surface area (Å²) in [6.07, 6.45) is 5.35. The number of carbonyl (C=O) groups excluding carboxylic acids is 2. The summed E-state index contributed by atoms with van der Waals surface area (Å²) in [6.45, 7) is 11.9. The number of aromatic nitrogens is 4. The summed E-state index contributed by atoms with van der Waals surface area (Å²) in [4.78, 5) is 36.8. The number of piperazine rings is 1. The lowest BCUT2D eigenvalue weighted by Gasteiger charge is -2.44. The molecular weight excluding hydrogens is 460 g/mol. The fraction of sp³-hybridized carbons (Fsp3) is 0.680. The van der Waals surface area contributed by atoms with Crippen molar-refractivity contribution in [3.63, 3.8) is 0 Å². The van der Waals surface area contributed by atoms with Gasteiger partial charge < -0.3 is 24.4 Å². The van der Waals surface area contributed by atoms with Crippen LogP contribution in [0, 0.1) is 5.92 Å². The van der Waals surface area contributed by atoms with E-state index in [0.29, 0.717) is 30.5 Å². The molecule has 0 unspecified atom stereocenters. The first kappa shape index (κ1) is 26.2. The van der Waals surface area contributed by atoms with Gasteiger partial charge >= 0.3 is 6.03 Å². The first-order chi connectivity index (χ1) is 16.8. The predicted octanol–water partition coefficient (Wildman–Crippen LogP) is 2.64. The summed E-state index contributed by atoms with van der Waals surface area (Å²) >= 11 is 0. The Morgan fingerprint density at radius 2 is 2.00 bits per heavy atom. The summed E-state index contributed by atoms with van der Waals surface area (Å²) < 4.78 is 7.16. The van der Waals surface area contributed by atoms with Crippen molar-refractivity contribution in [2.24, 2.45) is 13.0 Å². The van der Waals surface area contributed by atoms with Gasteiger partial charge in [0.2, 0.25) is 0 Å². The zero-order valence-corrected chi connectivity index (χ0v) is 21.1. The lowest BCUT2D eigenvalue weighted by Crippen LogP contribution is -2.59. The molecule has 0 spiro atoms. The van der Waals surface area contributed by atoms with Gasteiger partial charge in [0.25, 0.3) is 5.91 Å². The third-order valence-corrected chi connectivity index (χ3v) is 7.80. The standard InChI is InChI=1S/C24H36N8O3.CH4/c1-16-12-30(13-17-5-9-35-10-6-17)7-8-31(16)23(34)32-14-18-20(24(32,2)3)27-28-21(18)26-22(33)19-11-25-15-29(19)4;/h11,15-17H,5-10,12-14H2,1-4H3,(H2,26,27,28,33);1H4/t16-;/m0./s1. The Labute approximate surface area is 213 Å². The minimum absolute atomic E-state index is 0. The highest BCUT2D eigenvalue weighted by molar-refractivity contribution is 6.03. The molecular formula is C25H40N8O3. The molecule has 0 aliphatic carbocycles. The zero-order valence-electron chi connectivity index (χ0n) is 21.1. The van der Waals surface area contributed by atoms with Crippen LogP contribution in [0.4, 0.5) is 10.6 Å². The molecule has 0 radical (unpaired) electrons. The maximum atomic E-state index is 13.7. The second kappa shape index (κ2) is 10.2. The number of carbonyl (C=O) groups is 2. The molecule has 3 aliphatic rings. The number of hydrogen-bond donors (Lipinski definition) is 2. The molecule has 1 atom stereocenters. The van der Waals surface area contributed by atoms with E-state index in [0.717, 1.165) is 56.9 Å². The maximum absolute atomic E-state index is 13.7. The molecule has 3 amide bonds. The van der Waals surface area contributed by atoms with Crippen LogP contribution < -0.4 is 5.32 Å². The molecule has 2 aromatic heterocycles. The van der Waals surface area contributed by atoms with E-state index in [4.69, 9.17) is 4.74 Å². The second-order valence-electron chi connectivity index (χ2n) is 10.6. The Bertz CT molecular complexity index is 1090. The molecule has 3 aliphatic heterocycles. The van der Waals surface area contributed by atoms with Crippen LogP contribution in [0.1, 0.15) is 62.8 Å². The molecule has 0 saturated carbocycles. The quantitative estimate of drug-likeness (QED) is 0.668. The highest BCUT2D eigenvalue weighted by Gasteiger charge is 2.46. The number of ether oxygens (including phenoxy) is 1. The topological polar surface area (TPSA) is 112 Å². The molecule has 198 valence electrons. The van der Waals surface area contributed by atoms with E-state index < -0.39 is 5.54 Å². The zero-order chi connectivity index (χ0) is 24.7. The van der Waals surface area contributed by atoms with Gasteiger partial charge in [-0.25, -0.2) is 9.78 Å². The molecule has 0 bridgehead atoms. The summed E-state index contributed by atoms with van der Waals surface area (Å²) in [5.41, 5.74) is 1.59. The number of aryl methyl sites for hydroxylation is 1. The van der Waals surface area contributed by atoms with Crippen LogP contribution in [-0.2, 0) is 23.9 Å². The number of anilines is 1. The summed E-state index contributed by atoms with van der Waals surface area (Å²) in [5, 5.41) is 10.3. The van der Waals surface area contributed by atoms with Crippen LogP contribution >= 0.6 is 0 Å². The summed E-state index contributed by atoms with van der Waals surface area (Å²) in [7, 11) is 1.77. The van der Waals surface area contributed by atoms with Crippen LogP contribution in [0.2, 0.25) is 0 Å². The molecule has 2 N–H and O–H groups in total. The minimum atomic E-state index is -0.562. The van der Waals surface area contributed by atoms with Gasteiger partial charge in [-0.2, -0.15) is 5.10 Å². The van der Waals surface area contributed by atoms with E-state index in [2.05, 4.69) is 32.3 Å². The molecule has 2 aromatic rings. The lowest BCUT2D eigenvalue weighted by atomic mass is 9.99. The first-order valence-corrected chi connectivity index (χ1v) is 12.5. The number of H-pyrrole nitrogens is 1. The van der Waals surface area contributed by atoms with Crippen molar-refractivity contribution in [2.45, 2.75) is 59.2 Å². The number of nitrogens with one attached hydrogen (secondary N) is 2. The fourth-order valence-corrected chi connectivity index (χ4v) is 5.61. The number of aromatic amines is 1. The molecule has 2 fully saturated rings. The Morgan fingerprint density at radius 3 is 2.67 bits per heavy atom. The number of hydrogen-bond acceptors (Lipinski definition) is 6. The van der Waals surface area contributed by atoms with Crippen molar-refractivity contribution in [1.82, 2.24) is 34.4 Å². The molecule has 11 heteroatoms. The molecule has 5 heterocycles. The van der Waals surface area contributed by atoms with Gasteiger partial charge in [-0.15, -0.1) is 0 Å². The Balaban J connectivity index is 0.00000304. The fourth-order valence-electron chi connectivity index (χ4n) is 5.61. The highest BCUT2D eigenvalue weighted by atomic mass is 16.5. The van der Waals surface area contributed by atoms with Crippen molar-refractivity contribution in [1.29, 1.82) is 0 Å². The van der Waals surface area contributed by atoms with Crippen molar-refractivity contribution in [3.05, 3.63) is 29.5 Å². The van der Waals surface area contributed by atoms with E-state index in [1.807, 2.05) is 23.6 Å². The van der Waals surface area contributed by atoms with E-state index in [1.165, 1.54) is 6.20 Å². The van der Waals surface area contributed by atoms with Crippen molar-refractivity contribution in [3.8, 4) is 0 Å². The van der Waals surface area contributed by atoms with Crippen LogP contribution in [-0.4, -0.2) is 91.8 Å². The van der Waals surface area contributed by atoms with E-state index in [9.17, 15) is 9.59 Å². The number of amides is 3. The number of imidazole rings is 1. The average molecular weight is 501 g/mol. The Morgan fingerprint density at radius 1 is 1.25 bits per heavy atom. The molecule has 2 saturated heterocycles. The normalized spacial score (nSPS) is 22.3. The van der Waals surface area contributed by atoms with Gasteiger partial charge in [-0.1, -0.05) is 7.43 Å². The number of urea groups is 1. The molecule has 0 aromatic carbocycles. The maximum Gasteiger partial charge on any atom is 0.321 e. The minimum Gasteiger partial charge on any atom is -0.381 e. The Hall–Kier alpha value is -2.92. The van der Waals surface area contributed by atoms with E-state index in [1.54, 1.807) is 17.9 Å². The van der Waals surface area contributed by atoms with Crippen molar-refractivity contribution in [2.75, 3.05) is 44.7 Å². The van der Waals surface area contributed by atoms with E-state index in [-0.39, 0.29) is 25.4 Å². The predicted molar refractivity (Wildman–Crippen MR) is 137 cm³/mol. The molecule has 11 nitrogen and oxygen atoms in total. The monoisotopic (exact) mass is 500 g/mol. The van der Waals surface area contributed by atoms with Crippen molar-refractivity contribution >= 4 is 17.8 Å². The summed E-state index contributed by atoms with van der Waals surface area (Å²) in [6, 6.07) is 0.162. The second-order valence-corrected chi connectivity index (χ2v) is 10.6. The lowest BCUT2D eigenvalue weighted by molar-refractivity contribution is 0.0290. The van der Waals surface area contributed by atoms with Gasteiger partial charge in [0.05, 0.1) is 30.3 Å². The number of rotatable bonds is 4. The van der Waals surface area contributed by atoms with Gasteiger partial charge in [-0.3, -0.25) is 14.8 Å². The van der Waals surface area contributed by atoms with E-state index >= 15 is 0 Å². The molecule has 36 heavy (non-hydrogen) atoms. The largest absolute Gasteiger partial charge is 0.381 e. The molecule has 5 rings (SSSR count). The van der Waals surface area contributed by atoms with Crippen LogP contribution in [0.5, 0.6) is 0 Å². The Kier molecular flexibility index (Phi) is 7.42. The number of fused-ring (bicyclic) bond motifs is 1.